The molecule has 9 nitrogen and oxygen atoms in total. The number of carboxylic acids is 3. The predicted molar refractivity (Wildman–Crippen MR) is 133 cm³/mol. The number of nitrogens with one attached hydrogen (secondary N) is 1. The summed E-state index contributed by atoms with van der Waals surface area (Å²) in [6.07, 6.45) is -0.219. The van der Waals surface area contributed by atoms with Gasteiger partial charge in [0, 0.05) is 18.4 Å². The second-order valence-electron chi connectivity index (χ2n) is 9.34. The van der Waals surface area contributed by atoms with Crippen LogP contribution in [0.1, 0.15) is 49.7 Å². The molecule has 0 saturated heterocycles. The molecule has 0 aliphatic heterocycles. The molecule has 4 N–H and O–H groups in total. The quantitative estimate of drug-likeness (QED) is 0.281. The van der Waals surface area contributed by atoms with E-state index < -0.39 is 53.4 Å². The van der Waals surface area contributed by atoms with Gasteiger partial charge in [-0.15, -0.1) is 0 Å². The van der Waals surface area contributed by atoms with Crippen LogP contribution in [0.25, 0.3) is 0 Å². The van der Waals surface area contributed by atoms with E-state index in [2.05, 4.69) is 5.32 Å². The Morgan fingerprint density at radius 2 is 1.32 bits per heavy atom. The lowest BCUT2D eigenvalue weighted by atomic mass is 9.69. The first-order chi connectivity index (χ1) is 17.6. The highest BCUT2D eigenvalue weighted by Gasteiger charge is 2.43. The van der Waals surface area contributed by atoms with Gasteiger partial charge in [0.05, 0.1) is 24.4 Å². The van der Waals surface area contributed by atoms with Gasteiger partial charge >= 0.3 is 11.9 Å². The zero-order valence-electron chi connectivity index (χ0n) is 20.9. The number of aliphatic carboxylic acids is 3. The average molecular weight is 513 g/mol. The van der Waals surface area contributed by atoms with E-state index in [-0.39, 0.29) is 31.9 Å². The van der Waals surface area contributed by atoms with Crippen LogP contribution in [0.4, 0.5) is 0 Å². The molecule has 2 aromatic carbocycles. The minimum absolute atomic E-state index is 0.0771. The maximum atomic E-state index is 13.5. The smallest absolute Gasteiger partial charge is 0.307 e. The van der Waals surface area contributed by atoms with Gasteiger partial charge in [0.1, 0.15) is 0 Å². The van der Waals surface area contributed by atoms with Crippen molar-refractivity contribution in [3.63, 3.8) is 0 Å². The van der Waals surface area contributed by atoms with Crippen LogP contribution in [0, 0.1) is 23.7 Å². The highest BCUT2D eigenvalue weighted by Crippen LogP contribution is 2.41. The van der Waals surface area contributed by atoms with Crippen LogP contribution >= 0.6 is 0 Å². The Labute approximate surface area is 216 Å². The summed E-state index contributed by atoms with van der Waals surface area (Å²) in [5.74, 6) is -11.3. The first-order valence-electron chi connectivity index (χ1n) is 12.2. The molecule has 6 unspecified atom stereocenters. The third-order valence-corrected chi connectivity index (χ3v) is 6.90. The standard InChI is InChI=1S/C28H35NO8/c1-17(19-9-5-3-6-10-19)15-23(28(36)37)24(25(31)29-13-14-30)22(20-11-7-4-8-12-20)16-21(27(34)35)18(2)26(32)33/h3-12,17-18,21-24,30H,13-16H2,1-2H3,(H,29,31)(H,32,33)(H,34,35)(H,36,37)/p-1. The molecule has 0 spiro atoms. The molecule has 0 radical (unpaired) electrons. The normalized spacial score (nSPS) is 16.0. The number of amides is 1. The van der Waals surface area contributed by atoms with E-state index in [1.165, 1.54) is 6.92 Å². The molecule has 2 rings (SSSR count). The third-order valence-electron chi connectivity index (χ3n) is 6.90. The molecule has 1 amide bonds. The summed E-state index contributed by atoms with van der Waals surface area (Å²) in [7, 11) is 0. The summed E-state index contributed by atoms with van der Waals surface area (Å²) >= 11 is 0. The maximum absolute atomic E-state index is 13.5. The summed E-state index contributed by atoms with van der Waals surface area (Å²) in [6, 6.07) is 17.7. The van der Waals surface area contributed by atoms with Crippen LogP contribution in [-0.2, 0) is 19.2 Å². The number of benzene rings is 2. The summed E-state index contributed by atoms with van der Waals surface area (Å²) in [4.78, 5) is 49.8. The highest BCUT2D eigenvalue weighted by molar-refractivity contribution is 5.86. The highest BCUT2D eigenvalue weighted by atomic mass is 16.4. The van der Waals surface area contributed by atoms with Crippen LogP contribution < -0.4 is 10.4 Å². The zero-order valence-corrected chi connectivity index (χ0v) is 20.9. The molecule has 0 heterocycles. The van der Waals surface area contributed by atoms with Crippen molar-refractivity contribution in [1.82, 2.24) is 5.32 Å². The van der Waals surface area contributed by atoms with Crippen molar-refractivity contribution in [2.45, 2.75) is 38.5 Å². The second-order valence-corrected chi connectivity index (χ2v) is 9.34. The van der Waals surface area contributed by atoms with Gasteiger partial charge in [-0.1, -0.05) is 74.5 Å². The topological polar surface area (TPSA) is 164 Å². The Morgan fingerprint density at radius 3 is 1.78 bits per heavy atom. The molecule has 200 valence electrons. The number of carboxylic acid groups (broad SMARTS) is 3. The minimum atomic E-state index is -1.55. The van der Waals surface area contributed by atoms with E-state index in [0.29, 0.717) is 5.56 Å². The van der Waals surface area contributed by atoms with E-state index in [0.717, 1.165) is 5.56 Å². The van der Waals surface area contributed by atoms with Crippen LogP contribution in [0.2, 0.25) is 0 Å². The second kappa shape index (κ2) is 14.1. The van der Waals surface area contributed by atoms with E-state index in [9.17, 15) is 39.6 Å². The summed E-state index contributed by atoms with van der Waals surface area (Å²) in [5.41, 5.74) is 1.40. The minimum Gasteiger partial charge on any atom is -0.550 e. The molecule has 0 aliphatic rings. The number of hydrogen-bond donors (Lipinski definition) is 4. The molecule has 37 heavy (non-hydrogen) atoms. The number of carbonyl (C=O) groups is 4. The van der Waals surface area contributed by atoms with Crippen LogP contribution in [0.5, 0.6) is 0 Å². The third kappa shape index (κ3) is 8.15. The molecule has 9 heteroatoms. The van der Waals surface area contributed by atoms with Crippen molar-refractivity contribution < 1.29 is 39.6 Å². The largest absolute Gasteiger partial charge is 0.550 e. The Balaban J connectivity index is 2.62. The Hall–Kier alpha value is -3.72. The molecule has 0 fully saturated rings. The zero-order chi connectivity index (χ0) is 27.5. The van der Waals surface area contributed by atoms with Gasteiger partial charge in [0.15, 0.2) is 0 Å². The van der Waals surface area contributed by atoms with Crippen LogP contribution in [0.15, 0.2) is 60.7 Å². The van der Waals surface area contributed by atoms with E-state index in [1.807, 2.05) is 37.3 Å². The van der Waals surface area contributed by atoms with Crippen molar-refractivity contribution in [3.05, 3.63) is 71.8 Å². The van der Waals surface area contributed by atoms with E-state index >= 15 is 0 Å². The number of hydrogen-bond acceptors (Lipinski definition) is 6. The maximum Gasteiger partial charge on any atom is 0.307 e. The first-order valence-corrected chi connectivity index (χ1v) is 12.2. The van der Waals surface area contributed by atoms with E-state index in [4.69, 9.17) is 0 Å². The van der Waals surface area contributed by atoms with Gasteiger partial charge in [-0.2, -0.15) is 0 Å². The van der Waals surface area contributed by atoms with Crippen LogP contribution in [-0.4, -0.2) is 52.3 Å². The molecule has 0 saturated carbocycles. The molecule has 0 aliphatic carbocycles. The lowest BCUT2D eigenvalue weighted by Crippen LogP contribution is -2.44. The average Bonchev–Trinajstić information content (AvgIpc) is 2.88. The van der Waals surface area contributed by atoms with E-state index in [1.54, 1.807) is 30.3 Å². The number of aliphatic hydroxyl groups is 1. The predicted octanol–water partition coefficient (Wildman–Crippen LogP) is 1.87. The Bertz CT molecular complexity index is 1040. The van der Waals surface area contributed by atoms with Gasteiger partial charge in [-0.05, 0) is 35.8 Å². The molecule has 0 aromatic heterocycles. The monoisotopic (exact) mass is 512 g/mol. The van der Waals surface area contributed by atoms with Gasteiger partial charge < -0.3 is 30.5 Å². The van der Waals surface area contributed by atoms with Crippen molar-refractivity contribution in [3.8, 4) is 0 Å². The molecular formula is C28H34NO8-. The number of rotatable bonds is 15. The van der Waals surface area contributed by atoms with Gasteiger partial charge in [-0.3, -0.25) is 14.4 Å². The molecular weight excluding hydrogens is 478 g/mol. The van der Waals surface area contributed by atoms with Crippen molar-refractivity contribution >= 4 is 23.8 Å². The van der Waals surface area contributed by atoms with Crippen molar-refractivity contribution in [2.24, 2.45) is 23.7 Å². The fraction of sp³-hybridized carbons (Fsp3) is 0.429. The van der Waals surface area contributed by atoms with Crippen molar-refractivity contribution in [1.29, 1.82) is 0 Å². The summed E-state index contributed by atoms with van der Waals surface area (Å²) in [6.45, 7) is 2.59. The molecule has 0 bridgehead atoms. The number of aliphatic hydroxyl groups excluding tert-OH is 1. The lowest BCUT2D eigenvalue weighted by molar-refractivity contribution is -0.312. The summed E-state index contributed by atoms with van der Waals surface area (Å²) in [5, 5.41) is 43.6. The lowest BCUT2D eigenvalue weighted by Gasteiger charge is -2.35. The van der Waals surface area contributed by atoms with Gasteiger partial charge in [0.25, 0.3) is 0 Å². The Kier molecular flexibility index (Phi) is 11.3. The Morgan fingerprint density at radius 1 is 0.811 bits per heavy atom. The van der Waals surface area contributed by atoms with Crippen LogP contribution in [0.3, 0.4) is 0 Å². The van der Waals surface area contributed by atoms with Gasteiger partial charge in [0.2, 0.25) is 5.91 Å². The fourth-order valence-electron chi connectivity index (χ4n) is 4.79. The first kappa shape index (κ1) is 29.5. The molecule has 6 atom stereocenters. The summed E-state index contributed by atoms with van der Waals surface area (Å²) < 4.78 is 0. The SMILES string of the molecule is CC(CC(C(=O)O)C(C(=O)NCCO)C(CC(C(=O)O)C(C)C(=O)[O-])c1ccccc1)c1ccccc1. The van der Waals surface area contributed by atoms with Crippen molar-refractivity contribution in [2.75, 3.05) is 13.2 Å². The molecule has 2 aromatic rings. The fourth-order valence-corrected chi connectivity index (χ4v) is 4.79. The number of carbonyl (C=O) groups excluding carboxylic acids is 2. The van der Waals surface area contributed by atoms with Gasteiger partial charge in [-0.25, -0.2) is 0 Å².